The van der Waals surface area contributed by atoms with Crippen molar-refractivity contribution in [3.05, 3.63) is 44.8 Å². The number of hydrogen-bond acceptors (Lipinski definition) is 4. The summed E-state index contributed by atoms with van der Waals surface area (Å²) in [6.45, 7) is 6.02. The van der Waals surface area contributed by atoms with Crippen LogP contribution in [0.5, 0.6) is 0 Å². The number of thiocarbonyl (C=S) groups is 1. The van der Waals surface area contributed by atoms with E-state index >= 15 is 0 Å². The predicted molar refractivity (Wildman–Crippen MR) is 85.9 cm³/mol. The van der Waals surface area contributed by atoms with Crippen molar-refractivity contribution < 1.29 is 4.79 Å². The highest BCUT2D eigenvalue weighted by molar-refractivity contribution is 7.80. The topological polar surface area (TPSA) is 33.2 Å². The second kappa shape index (κ2) is 4.75. The summed E-state index contributed by atoms with van der Waals surface area (Å²) in [6, 6.07) is 3.80. The van der Waals surface area contributed by atoms with Gasteiger partial charge in [0, 0.05) is 22.4 Å². The third kappa shape index (κ3) is 1.98. The van der Waals surface area contributed by atoms with Crippen molar-refractivity contribution >= 4 is 40.3 Å². The van der Waals surface area contributed by atoms with Crippen LogP contribution >= 0.6 is 23.6 Å². The highest BCUT2D eigenvalue weighted by Gasteiger charge is 2.33. The normalized spacial score (nSPS) is 14.7. The monoisotopic (exact) mass is 302 g/mol. The van der Waals surface area contributed by atoms with E-state index < -0.39 is 0 Å². The van der Waals surface area contributed by atoms with Gasteiger partial charge in [-0.2, -0.15) is 0 Å². The van der Waals surface area contributed by atoms with Crippen LogP contribution in [0.1, 0.15) is 31.2 Å². The van der Waals surface area contributed by atoms with Gasteiger partial charge < -0.3 is 0 Å². The summed E-state index contributed by atoms with van der Waals surface area (Å²) in [5.74, 6) is 0.574. The van der Waals surface area contributed by atoms with Crippen molar-refractivity contribution in [2.45, 2.75) is 27.2 Å². The molecule has 20 heavy (non-hydrogen) atoms. The van der Waals surface area contributed by atoms with Crippen LogP contribution in [0.15, 0.2) is 18.3 Å². The lowest BCUT2D eigenvalue weighted by Crippen LogP contribution is -2.41. The molecule has 0 saturated heterocycles. The van der Waals surface area contributed by atoms with Crippen molar-refractivity contribution in [2.24, 2.45) is 0 Å². The zero-order valence-electron chi connectivity index (χ0n) is 11.6. The predicted octanol–water partition coefficient (Wildman–Crippen LogP) is 3.60. The number of thiophene rings is 1. The largest absolute Gasteiger partial charge is 0.268 e. The molecule has 0 bridgehead atoms. The molecule has 5 heteroatoms. The third-order valence-electron chi connectivity index (χ3n) is 3.57. The van der Waals surface area contributed by atoms with Crippen LogP contribution in [0, 0.1) is 20.8 Å². The molecule has 1 aliphatic heterocycles. The third-order valence-corrected chi connectivity index (χ3v) is 5.10. The summed E-state index contributed by atoms with van der Waals surface area (Å²) >= 11 is 7.10. The van der Waals surface area contributed by atoms with Crippen LogP contribution < -0.4 is 4.90 Å². The van der Waals surface area contributed by atoms with E-state index in [-0.39, 0.29) is 5.91 Å². The highest BCUT2D eigenvalue weighted by Crippen LogP contribution is 2.34. The van der Waals surface area contributed by atoms with Gasteiger partial charge in [0.2, 0.25) is 0 Å². The first-order valence-corrected chi connectivity index (χ1v) is 7.60. The van der Waals surface area contributed by atoms with E-state index in [1.54, 1.807) is 22.4 Å². The van der Waals surface area contributed by atoms with Crippen molar-refractivity contribution in [3.63, 3.8) is 0 Å². The van der Waals surface area contributed by atoms with E-state index in [0.717, 1.165) is 21.6 Å². The maximum atomic E-state index is 12.8. The van der Waals surface area contributed by atoms with Crippen LogP contribution in [0.4, 0.5) is 5.82 Å². The summed E-state index contributed by atoms with van der Waals surface area (Å²) in [5.41, 5.74) is 2.94. The number of fused-ring (bicyclic) bond motifs is 1. The molecule has 0 aliphatic carbocycles. The van der Waals surface area contributed by atoms with Crippen molar-refractivity contribution in [1.29, 1.82) is 0 Å². The van der Waals surface area contributed by atoms with Crippen LogP contribution in [-0.2, 0) is 6.42 Å². The molecule has 2 aromatic heterocycles. The van der Waals surface area contributed by atoms with Gasteiger partial charge in [-0.15, -0.1) is 11.3 Å². The fourth-order valence-electron chi connectivity index (χ4n) is 2.42. The van der Waals surface area contributed by atoms with Gasteiger partial charge >= 0.3 is 0 Å². The number of amides is 1. The molecule has 1 aliphatic rings. The maximum Gasteiger partial charge on any atom is 0.265 e. The average molecular weight is 302 g/mol. The first-order valence-electron chi connectivity index (χ1n) is 6.38. The number of aryl methyl sites for hydroxylation is 2. The van der Waals surface area contributed by atoms with Crippen LogP contribution in [0.2, 0.25) is 0 Å². The van der Waals surface area contributed by atoms with E-state index in [9.17, 15) is 4.79 Å². The lowest BCUT2D eigenvalue weighted by molar-refractivity contribution is 0.0999. The number of carbonyl (C=O) groups excluding carboxylic acids is 1. The number of pyridine rings is 1. The highest BCUT2D eigenvalue weighted by atomic mass is 32.1. The molecule has 0 unspecified atom stereocenters. The fraction of sp³-hybridized carbons (Fsp3) is 0.267. The Morgan fingerprint density at radius 3 is 2.80 bits per heavy atom. The van der Waals surface area contributed by atoms with E-state index in [4.69, 9.17) is 12.2 Å². The van der Waals surface area contributed by atoms with Gasteiger partial charge in [-0.3, -0.25) is 9.69 Å². The SMILES string of the molecule is Cc1ccnc(N2C(=O)c3c(sc(C)c3C)CC2=S)c1. The van der Waals surface area contributed by atoms with Crippen LogP contribution in [0.25, 0.3) is 0 Å². The smallest absolute Gasteiger partial charge is 0.265 e. The fourth-order valence-corrected chi connectivity index (χ4v) is 4.01. The summed E-state index contributed by atoms with van der Waals surface area (Å²) in [5, 5.41) is 0. The van der Waals surface area contributed by atoms with Gasteiger partial charge in [-0.05, 0) is 44.0 Å². The molecule has 3 heterocycles. The van der Waals surface area contributed by atoms with E-state index in [1.807, 2.05) is 32.9 Å². The van der Waals surface area contributed by atoms with Gasteiger partial charge in [-0.25, -0.2) is 4.98 Å². The van der Waals surface area contributed by atoms with Gasteiger partial charge in [0.15, 0.2) is 0 Å². The Balaban J connectivity index is 2.13. The summed E-state index contributed by atoms with van der Waals surface area (Å²) in [6.07, 6.45) is 2.35. The lowest BCUT2D eigenvalue weighted by atomic mass is 10.0. The zero-order valence-corrected chi connectivity index (χ0v) is 13.2. The standard InChI is InChI=1S/C15H14N2OS2/c1-8-4-5-16-12(6-8)17-13(19)7-11-14(15(17)18)9(2)10(3)20-11/h4-6H,7H2,1-3H3. The zero-order chi connectivity index (χ0) is 14.4. The van der Waals surface area contributed by atoms with Gasteiger partial charge in [0.1, 0.15) is 5.82 Å². The molecule has 0 atom stereocenters. The minimum atomic E-state index is -0.0452. The first kappa shape index (κ1) is 13.4. The molecule has 102 valence electrons. The van der Waals surface area contributed by atoms with Gasteiger partial charge in [0.05, 0.1) is 10.6 Å². The molecule has 0 radical (unpaired) electrons. The Morgan fingerprint density at radius 1 is 1.35 bits per heavy atom. The quantitative estimate of drug-likeness (QED) is 0.755. The second-order valence-electron chi connectivity index (χ2n) is 4.98. The maximum absolute atomic E-state index is 12.8. The minimum Gasteiger partial charge on any atom is -0.268 e. The molecular weight excluding hydrogens is 288 g/mol. The molecule has 0 saturated carbocycles. The van der Waals surface area contributed by atoms with E-state index in [2.05, 4.69) is 4.98 Å². The summed E-state index contributed by atoms with van der Waals surface area (Å²) < 4.78 is 0. The number of aromatic nitrogens is 1. The Bertz CT molecular complexity index is 733. The number of rotatable bonds is 1. The Morgan fingerprint density at radius 2 is 2.10 bits per heavy atom. The molecule has 3 nitrogen and oxygen atoms in total. The molecule has 3 rings (SSSR count). The molecular formula is C15H14N2OS2. The van der Waals surface area contributed by atoms with Crippen molar-refractivity contribution in [1.82, 2.24) is 4.98 Å². The van der Waals surface area contributed by atoms with Crippen molar-refractivity contribution in [2.75, 3.05) is 4.90 Å². The van der Waals surface area contributed by atoms with Gasteiger partial charge in [0.25, 0.3) is 5.91 Å². The minimum absolute atomic E-state index is 0.0452. The van der Waals surface area contributed by atoms with Crippen molar-refractivity contribution in [3.8, 4) is 0 Å². The second-order valence-corrected chi connectivity index (χ2v) is 6.76. The Kier molecular flexibility index (Phi) is 3.18. The molecule has 1 amide bonds. The van der Waals surface area contributed by atoms with Crippen LogP contribution in [0.3, 0.4) is 0 Å². The van der Waals surface area contributed by atoms with E-state index in [1.165, 1.54) is 4.88 Å². The summed E-state index contributed by atoms with van der Waals surface area (Å²) in [7, 11) is 0. The van der Waals surface area contributed by atoms with E-state index in [0.29, 0.717) is 17.2 Å². The molecule has 0 N–H and O–H groups in total. The number of carbonyl (C=O) groups is 1. The molecule has 0 aromatic carbocycles. The first-order chi connectivity index (χ1) is 9.49. The lowest BCUT2D eigenvalue weighted by Gasteiger charge is -2.27. The Hall–Kier alpha value is -1.59. The number of nitrogens with zero attached hydrogens (tertiary/aromatic N) is 2. The Labute approximate surface area is 127 Å². The van der Waals surface area contributed by atoms with Gasteiger partial charge in [-0.1, -0.05) is 12.2 Å². The molecule has 0 spiro atoms. The number of hydrogen-bond donors (Lipinski definition) is 0. The summed E-state index contributed by atoms with van der Waals surface area (Å²) in [4.78, 5) is 21.5. The molecule has 0 fully saturated rings. The average Bonchev–Trinajstić information content (AvgIpc) is 2.65. The van der Waals surface area contributed by atoms with Crippen LogP contribution in [-0.4, -0.2) is 15.9 Å². The molecule has 2 aromatic rings. The number of anilines is 1.